The SMILES string of the molecule is CCOc1ccccc1/C=C/C(=O)N1CCN(c2ccccc2OC)CC1. The van der Waals surface area contributed by atoms with Crippen molar-refractivity contribution in [3.8, 4) is 11.5 Å². The predicted molar refractivity (Wildman–Crippen MR) is 108 cm³/mol. The third-order valence-corrected chi connectivity index (χ3v) is 4.64. The molecule has 0 spiro atoms. The van der Waals surface area contributed by atoms with E-state index in [2.05, 4.69) is 11.0 Å². The number of carbonyl (C=O) groups excluding carboxylic acids is 1. The first-order valence-corrected chi connectivity index (χ1v) is 9.29. The van der Waals surface area contributed by atoms with Gasteiger partial charge < -0.3 is 19.3 Å². The van der Waals surface area contributed by atoms with Gasteiger partial charge in [0, 0.05) is 37.8 Å². The van der Waals surface area contributed by atoms with E-state index in [1.807, 2.05) is 60.4 Å². The van der Waals surface area contributed by atoms with Gasteiger partial charge in [0.1, 0.15) is 11.5 Å². The molecule has 3 rings (SSSR count). The van der Waals surface area contributed by atoms with Gasteiger partial charge in [-0.2, -0.15) is 0 Å². The first-order chi connectivity index (χ1) is 13.2. The molecule has 1 heterocycles. The molecule has 142 valence electrons. The smallest absolute Gasteiger partial charge is 0.246 e. The van der Waals surface area contributed by atoms with Crippen molar-refractivity contribution < 1.29 is 14.3 Å². The van der Waals surface area contributed by atoms with Crippen LogP contribution in [0.1, 0.15) is 12.5 Å². The minimum absolute atomic E-state index is 0.0287. The fourth-order valence-electron chi connectivity index (χ4n) is 3.23. The summed E-state index contributed by atoms with van der Waals surface area (Å²) >= 11 is 0. The molecule has 0 N–H and O–H groups in total. The van der Waals surface area contributed by atoms with Crippen molar-refractivity contribution in [1.82, 2.24) is 4.90 Å². The molecule has 2 aromatic carbocycles. The molecule has 0 radical (unpaired) electrons. The van der Waals surface area contributed by atoms with E-state index in [4.69, 9.17) is 9.47 Å². The molecular weight excluding hydrogens is 340 g/mol. The van der Waals surface area contributed by atoms with Crippen molar-refractivity contribution in [2.45, 2.75) is 6.92 Å². The molecular formula is C22H26N2O3. The van der Waals surface area contributed by atoms with Crippen LogP contribution in [-0.2, 0) is 4.79 Å². The molecule has 0 aliphatic carbocycles. The number of para-hydroxylation sites is 3. The number of nitrogens with zero attached hydrogens (tertiary/aromatic N) is 2. The Labute approximate surface area is 160 Å². The Morgan fingerprint density at radius 1 is 1.00 bits per heavy atom. The quantitative estimate of drug-likeness (QED) is 0.735. The number of anilines is 1. The second-order valence-corrected chi connectivity index (χ2v) is 6.29. The number of amides is 1. The van der Waals surface area contributed by atoms with E-state index in [0.29, 0.717) is 19.7 Å². The van der Waals surface area contributed by atoms with Gasteiger partial charge in [0.05, 0.1) is 19.4 Å². The number of piperazine rings is 1. The van der Waals surface area contributed by atoms with Gasteiger partial charge in [0.25, 0.3) is 0 Å². The van der Waals surface area contributed by atoms with E-state index < -0.39 is 0 Å². The topological polar surface area (TPSA) is 42.0 Å². The number of hydrogen-bond donors (Lipinski definition) is 0. The highest BCUT2D eigenvalue weighted by atomic mass is 16.5. The highest BCUT2D eigenvalue weighted by Gasteiger charge is 2.21. The van der Waals surface area contributed by atoms with Gasteiger partial charge in [-0.1, -0.05) is 30.3 Å². The van der Waals surface area contributed by atoms with Gasteiger partial charge in [0.2, 0.25) is 5.91 Å². The Balaban J connectivity index is 1.60. The van der Waals surface area contributed by atoms with Crippen LogP contribution in [0.2, 0.25) is 0 Å². The molecule has 0 bridgehead atoms. The van der Waals surface area contributed by atoms with Crippen molar-refractivity contribution in [3.05, 3.63) is 60.2 Å². The van der Waals surface area contributed by atoms with Gasteiger partial charge in [-0.25, -0.2) is 0 Å². The summed E-state index contributed by atoms with van der Waals surface area (Å²) in [6, 6.07) is 15.7. The van der Waals surface area contributed by atoms with Gasteiger partial charge in [-0.05, 0) is 31.2 Å². The molecule has 0 atom stereocenters. The van der Waals surface area contributed by atoms with Crippen LogP contribution in [0.3, 0.4) is 0 Å². The van der Waals surface area contributed by atoms with Crippen LogP contribution in [-0.4, -0.2) is 50.7 Å². The van der Waals surface area contributed by atoms with E-state index in [-0.39, 0.29) is 5.91 Å². The molecule has 1 saturated heterocycles. The third-order valence-electron chi connectivity index (χ3n) is 4.64. The summed E-state index contributed by atoms with van der Waals surface area (Å²) in [6.45, 7) is 5.50. The van der Waals surface area contributed by atoms with Crippen LogP contribution in [0.25, 0.3) is 6.08 Å². The molecule has 0 saturated carbocycles. The lowest BCUT2D eigenvalue weighted by Crippen LogP contribution is -2.48. The average molecular weight is 366 g/mol. The third kappa shape index (κ3) is 4.61. The van der Waals surface area contributed by atoms with Gasteiger partial charge in [-0.15, -0.1) is 0 Å². The van der Waals surface area contributed by atoms with Crippen molar-refractivity contribution in [2.24, 2.45) is 0 Å². The Bertz CT molecular complexity index is 796. The maximum Gasteiger partial charge on any atom is 0.246 e. The van der Waals surface area contributed by atoms with Crippen molar-refractivity contribution in [2.75, 3.05) is 44.8 Å². The molecule has 0 aromatic heterocycles. The van der Waals surface area contributed by atoms with Crippen LogP contribution in [0.15, 0.2) is 54.6 Å². The Morgan fingerprint density at radius 3 is 2.37 bits per heavy atom. The molecule has 0 unspecified atom stereocenters. The summed E-state index contributed by atoms with van der Waals surface area (Å²) in [5, 5.41) is 0. The van der Waals surface area contributed by atoms with E-state index in [1.54, 1.807) is 13.2 Å². The van der Waals surface area contributed by atoms with Crippen LogP contribution in [0.4, 0.5) is 5.69 Å². The molecule has 5 nitrogen and oxygen atoms in total. The first-order valence-electron chi connectivity index (χ1n) is 9.29. The van der Waals surface area contributed by atoms with Gasteiger partial charge >= 0.3 is 0 Å². The number of carbonyl (C=O) groups is 1. The number of ether oxygens (including phenoxy) is 2. The number of hydrogen-bond acceptors (Lipinski definition) is 4. The minimum Gasteiger partial charge on any atom is -0.495 e. The minimum atomic E-state index is 0.0287. The van der Waals surface area contributed by atoms with E-state index >= 15 is 0 Å². The summed E-state index contributed by atoms with van der Waals surface area (Å²) in [5.74, 6) is 1.69. The zero-order valence-corrected chi connectivity index (χ0v) is 15.9. The highest BCUT2D eigenvalue weighted by molar-refractivity contribution is 5.92. The molecule has 2 aromatic rings. The van der Waals surface area contributed by atoms with Crippen LogP contribution < -0.4 is 14.4 Å². The standard InChI is InChI=1S/C22H26N2O3/c1-3-27-20-10-6-4-8-18(20)12-13-22(25)24-16-14-23(15-17-24)19-9-5-7-11-21(19)26-2/h4-13H,3,14-17H2,1-2H3/b13-12+. The Kier molecular flexibility index (Phi) is 6.36. The molecule has 5 heteroatoms. The highest BCUT2D eigenvalue weighted by Crippen LogP contribution is 2.28. The summed E-state index contributed by atoms with van der Waals surface area (Å²) in [4.78, 5) is 16.7. The zero-order valence-electron chi connectivity index (χ0n) is 15.9. The van der Waals surface area contributed by atoms with Crippen molar-refractivity contribution >= 4 is 17.7 Å². The largest absolute Gasteiger partial charge is 0.495 e. The van der Waals surface area contributed by atoms with Crippen LogP contribution in [0.5, 0.6) is 11.5 Å². The van der Waals surface area contributed by atoms with Crippen LogP contribution in [0, 0.1) is 0 Å². The number of rotatable bonds is 6. The fraction of sp³-hybridized carbons (Fsp3) is 0.318. The predicted octanol–water partition coefficient (Wildman–Crippen LogP) is 3.46. The normalized spacial score (nSPS) is 14.4. The van der Waals surface area contributed by atoms with E-state index in [9.17, 15) is 4.79 Å². The molecule has 27 heavy (non-hydrogen) atoms. The maximum absolute atomic E-state index is 12.6. The molecule has 1 aliphatic heterocycles. The maximum atomic E-state index is 12.6. The second-order valence-electron chi connectivity index (χ2n) is 6.29. The van der Waals surface area contributed by atoms with E-state index in [0.717, 1.165) is 35.8 Å². The van der Waals surface area contributed by atoms with Gasteiger partial charge in [-0.3, -0.25) is 4.79 Å². The Morgan fingerprint density at radius 2 is 1.67 bits per heavy atom. The number of methoxy groups -OCH3 is 1. The number of benzene rings is 2. The summed E-state index contributed by atoms with van der Waals surface area (Å²) in [7, 11) is 1.68. The lowest BCUT2D eigenvalue weighted by Gasteiger charge is -2.36. The second kappa shape index (κ2) is 9.12. The zero-order chi connectivity index (χ0) is 19.1. The van der Waals surface area contributed by atoms with Crippen LogP contribution >= 0.6 is 0 Å². The lowest BCUT2D eigenvalue weighted by molar-refractivity contribution is -0.126. The van der Waals surface area contributed by atoms with Crippen molar-refractivity contribution in [3.63, 3.8) is 0 Å². The molecule has 1 fully saturated rings. The lowest BCUT2D eigenvalue weighted by atomic mass is 10.1. The average Bonchev–Trinajstić information content (AvgIpc) is 2.73. The fourth-order valence-corrected chi connectivity index (χ4v) is 3.23. The first kappa shape index (κ1) is 18.8. The molecule has 1 amide bonds. The monoisotopic (exact) mass is 366 g/mol. The summed E-state index contributed by atoms with van der Waals surface area (Å²) < 4.78 is 11.1. The van der Waals surface area contributed by atoms with E-state index in [1.165, 1.54) is 0 Å². The molecule has 1 aliphatic rings. The summed E-state index contributed by atoms with van der Waals surface area (Å²) in [5.41, 5.74) is 1.99. The van der Waals surface area contributed by atoms with Gasteiger partial charge in [0.15, 0.2) is 0 Å². The summed E-state index contributed by atoms with van der Waals surface area (Å²) in [6.07, 6.45) is 3.47. The Hall–Kier alpha value is -2.95. The van der Waals surface area contributed by atoms with Crippen molar-refractivity contribution in [1.29, 1.82) is 0 Å².